The van der Waals surface area contributed by atoms with Crippen LogP contribution in [0.25, 0.3) is 0 Å². The molecule has 28 heavy (non-hydrogen) atoms. The Balaban J connectivity index is 0.000000384. The summed E-state index contributed by atoms with van der Waals surface area (Å²) in [6, 6.07) is 24.2. The van der Waals surface area contributed by atoms with Gasteiger partial charge in [-0.05, 0) is 16.7 Å². The maximum Gasteiger partial charge on any atom is 3.00 e. The van der Waals surface area contributed by atoms with Crippen molar-refractivity contribution in [2.24, 2.45) is 0 Å². The van der Waals surface area contributed by atoms with E-state index in [1.807, 2.05) is 0 Å². The molecule has 0 saturated carbocycles. The Morgan fingerprint density at radius 3 is 0.714 bits per heavy atom. The van der Waals surface area contributed by atoms with E-state index >= 15 is 0 Å². The SMILES string of the molecule is O=C([O-])c1ccccc1.O=C([O-])c1ccccc1.O=C([O-])c1ccccc1.[Pr+3]. The summed E-state index contributed by atoms with van der Waals surface area (Å²) >= 11 is 0. The summed E-state index contributed by atoms with van der Waals surface area (Å²) in [6.07, 6.45) is 0. The van der Waals surface area contributed by atoms with Gasteiger partial charge in [0.1, 0.15) is 0 Å². The van der Waals surface area contributed by atoms with Crippen molar-refractivity contribution in [2.45, 2.75) is 0 Å². The number of carboxylic acids is 3. The van der Waals surface area contributed by atoms with Crippen LogP contribution in [0.1, 0.15) is 31.1 Å². The summed E-state index contributed by atoms with van der Waals surface area (Å²) < 4.78 is 0. The summed E-state index contributed by atoms with van der Waals surface area (Å²) in [6.45, 7) is 0. The third-order valence-corrected chi connectivity index (χ3v) is 3.03. The van der Waals surface area contributed by atoms with Gasteiger partial charge >= 0.3 is 41.3 Å². The Hall–Kier alpha value is -2.57. The normalized spacial score (nSPS) is 8.57. The number of aromatic carboxylic acids is 3. The van der Waals surface area contributed by atoms with Crippen molar-refractivity contribution in [3.8, 4) is 0 Å². The molecule has 0 spiro atoms. The zero-order chi connectivity index (χ0) is 20.1. The minimum atomic E-state index is -1.13. The number of hydrogen-bond acceptors (Lipinski definition) is 6. The number of carboxylic acid groups (broad SMARTS) is 3. The fourth-order valence-corrected chi connectivity index (χ4v) is 1.72. The molecule has 0 N–H and O–H groups in total. The van der Waals surface area contributed by atoms with Crippen LogP contribution in [0.15, 0.2) is 91.0 Å². The van der Waals surface area contributed by atoms with Crippen molar-refractivity contribution in [3.63, 3.8) is 0 Å². The summed E-state index contributed by atoms with van der Waals surface area (Å²) in [5, 5.41) is 30.3. The largest absolute Gasteiger partial charge is 3.00 e. The van der Waals surface area contributed by atoms with Crippen LogP contribution in [0.5, 0.6) is 0 Å². The first-order valence-corrected chi connectivity index (χ1v) is 7.71. The van der Waals surface area contributed by atoms with Crippen LogP contribution in [0.2, 0.25) is 0 Å². The monoisotopic (exact) mass is 504 g/mol. The van der Waals surface area contributed by atoms with E-state index in [0.29, 0.717) is 0 Å². The van der Waals surface area contributed by atoms with Gasteiger partial charge in [0.25, 0.3) is 0 Å². The molecule has 0 aliphatic rings. The van der Waals surface area contributed by atoms with Crippen molar-refractivity contribution in [1.29, 1.82) is 0 Å². The maximum absolute atomic E-state index is 10.1. The van der Waals surface area contributed by atoms with Gasteiger partial charge in [0.15, 0.2) is 0 Å². The van der Waals surface area contributed by atoms with Gasteiger partial charge in [0.2, 0.25) is 0 Å². The minimum Gasteiger partial charge on any atom is -0.545 e. The molecule has 138 valence electrons. The first kappa shape index (κ1) is 25.4. The molecule has 0 bridgehead atoms. The van der Waals surface area contributed by atoms with Crippen molar-refractivity contribution in [3.05, 3.63) is 108 Å². The van der Waals surface area contributed by atoms with Gasteiger partial charge in [-0.2, -0.15) is 0 Å². The first-order valence-electron chi connectivity index (χ1n) is 7.71. The van der Waals surface area contributed by atoms with Gasteiger partial charge in [-0.3, -0.25) is 0 Å². The van der Waals surface area contributed by atoms with Gasteiger partial charge in [-0.25, -0.2) is 0 Å². The van der Waals surface area contributed by atoms with Crippen molar-refractivity contribution < 1.29 is 71.0 Å². The number of hydrogen-bond donors (Lipinski definition) is 0. The van der Waals surface area contributed by atoms with Gasteiger partial charge < -0.3 is 29.7 Å². The third-order valence-electron chi connectivity index (χ3n) is 3.03. The van der Waals surface area contributed by atoms with Gasteiger partial charge in [0.05, 0.1) is 17.9 Å². The molecule has 0 unspecified atom stereocenters. The zero-order valence-electron chi connectivity index (χ0n) is 14.7. The molecule has 0 aromatic heterocycles. The van der Waals surface area contributed by atoms with E-state index in [-0.39, 0.29) is 58.0 Å². The zero-order valence-corrected chi connectivity index (χ0v) is 18.4. The summed E-state index contributed by atoms with van der Waals surface area (Å²) in [4.78, 5) is 30.3. The molecule has 0 amide bonds. The Labute approximate surface area is 195 Å². The van der Waals surface area contributed by atoms with E-state index < -0.39 is 17.9 Å². The second-order valence-corrected chi connectivity index (χ2v) is 4.96. The Morgan fingerprint density at radius 1 is 0.429 bits per heavy atom. The van der Waals surface area contributed by atoms with E-state index in [4.69, 9.17) is 0 Å². The topological polar surface area (TPSA) is 120 Å². The van der Waals surface area contributed by atoms with E-state index in [0.717, 1.165) is 0 Å². The van der Waals surface area contributed by atoms with E-state index in [1.165, 1.54) is 36.4 Å². The van der Waals surface area contributed by atoms with Crippen LogP contribution < -0.4 is 15.3 Å². The third kappa shape index (κ3) is 10.6. The van der Waals surface area contributed by atoms with Crippen molar-refractivity contribution in [2.75, 3.05) is 0 Å². The van der Waals surface area contributed by atoms with Crippen LogP contribution in [0.3, 0.4) is 0 Å². The van der Waals surface area contributed by atoms with Gasteiger partial charge in [-0.1, -0.05) is 91.0 Å². The maximum atomic E-state index is 10.1. The van der Waals surface area contributed by atoms with Gasteiger partial charge in [0, 0.05) is 0 Å². The summed E-state index contributed by atoms with van der Waals surface area (Å²) in [7, 11) is 0. The molecule has 0 radical (unpaired) electrons. The molecule has 0 fully saturated rings. The number of benzene rings is 3. The van der Waals surface area contributed by atoms with Crippen molar-refractivity contribution in [1.82, 2.24) is 0 Å². The van der Waals surface area contributed by atoms with E-state index in [1.54, 1.807) is 54.6 Å². The molecule has 6 nitrogen and oxygen atoms in total. The van der Waals surface area contributed by atoms with Crippen LogP contribution >= 0.6 is 0 Å². The molecule has 3 aromatic carbocycles. The van der Waals surface area contributed by atoms with E-state index in [9.17, 15) is 29.7 Å². The molecule has 0 heterocycles. The molecule has 3 rings (SSSR count). The Bertz CT molecular complexity index is 734. The second kappa shape index (κ2) is 14.5. The minimum absolute atomic E-state index is 0. The summed E-state index contributed by atoms with van der Waals surface area (Å²) in [5.74, 6) is -3.39. The summed E-state index contributed by atoms with van der Waals surface area (Å²) in [5.41, 5.74) is 0.660. The standard InChI is InChI=1S/3C7H6O2.Pr/c3*8-7(9)6-4-2-1-3-5-6;/h3*1-5H,(H,8,9);/q;;;+3/p-3. The molecule has 3 aromatic rings. The first-order chi connectivity index (χ1) is 12.9. The smallest absolute Gasteiger partial charge is 0.545 e. The number of rotatable bonds is 3. The molecule has 0 saturated heterocycles. The molecule has 7 heteroatoms. The fraction of sp³-hybridized carbons (Fsp3) is 0. The molecule has 0 atom stereocenters. The number of carbonyl (C=O) groups is 3. The molecular weight excluding hydrogens is 489 g/mol. The molecule has 0 aliphatic carbocycles. The van der Waals surface area contributed by atoms with Crippen molar-refractivity contribution >= 4 is 17.9 Å². The predicted molar refractivity (Wildman–Crippen MR) is 92.3 cm³/mol. The van der Waals surface area contributed by atoms with Crippen LogP contribution in [0.4, 0.5) is 0 Å². The van der Waals surface area contributed by atoms with Gasteiger partial charge in [-0.15, -0.1) is 0 Å². The second-order valence-electron chi connectivity index (χ2n) is 4.96. The quantitative estimate of drug-likeness (QED) is 0.501. The van der Waals surface area contributed by atoms with Crippen LogP contribution in [-0.2, 0) is 0 Å². The molecular formula is C21H15O6Pr. The Kier molecular flexibility index (Phi) is 13.2. The fourth-order valence-electron chi connectivity index (χ4n) is 1.72. The van der Waals surface area contributed by atoms with Crippen LogP contribution in [0, 0.1) is 41.3 Å². The van der Waals surface area contributed by atoms with Crippen LogP contribution in [-0.4, -0.2) is 17.9 Å². The number of carbonyl (C=O) groups excluding carboxylic acids is 3. The average Bonchev–Trinajstić information content (AvgIpc) is 2.71. The van der Waals surface area contributed by atoms with E-state index in [2.05, 4.69) is 0 Å². The molecule has 0 aliphatic heterocycles. The average molecular weight is 504 g/mol. The Morgan fingerprint density at radius 2 is 0.607 bits per heavy atom. The predicted octanol–water partition coefficient (Wildman–Crippen LogP) is 0.150.